The highest BCUT2D eigenvalue weighted by molar-refractivity contribution is 6.32. The number of piperidine rings is 1. The molecule has 1 saturated heterocycles. The van der Waals surface area contributed by atoms with Crippen molar-refractivity contribution in [1.29, 1.82) is 0 Å². The van der Waals surface area contributed by atoms with Crippen molar-refractivity contribution >= 4 is 17.5 Å². The summed E-state index contributed by atoms with van der Waals surface area (Å²) in [7, 11) is 0. The SMILES string of the molecule is NC1C2CCCC1CC(C(=O)N1CCCC(Oc3ccccc3Cl)C1)C2. The van der Waals surface area contributed by atoms with Crippen molar-refractivity contribution in [3.8, 4) is 5.75 Å². The van der Waals surface area contributed by atoms with E-state index >= 15 is 0 Å². The van der Waals surface area contributed by atoms with Crippen LogP contribution >= 0.6 is 11.6 Å². The lowest BCUT2D eigenvalue weighted by Crippen LogP contribution is -2.52. The molecule has 0 radical (unpaired) electrons. The molecule has 26 heavy (non-hydrogen) atoms. The summed E-state index contributed by atoms with van der Waals surface area (Å²) in [6, 6.07) is 7.87. The first-order chi connectivity index (χ1) is 12.6. The third kappa shape index (κ3) is 3.72. The molecule has 1 aromatic rings. The first-order valence-electron chi connectivity index (χ1n) is 10.1. The zero-order valence-electron chi connectivity index (χ0n) is 15.3. The molecule has 3 atom stereocenters. The first-order valence-corrected chi connectivity index (χ1v) is 10.4. The highest BCUT2D eigenvalue weighted by atomic mass is 35.5. The molecule has 2 saturated carbocycles. The third-order valence-corrected chi connectivity index (χ3v) is 6.89. The summed E-state index contributed by atoms with van der Waals surface area (Å²) in [6.07, 6.45) is 7.60. The van der Waals surface area contributed by atoms with E-state index in [1.165, 1.54) is 19.3 Å². The van der Waals surface area contributed by atoms with E-state index < -0.39 is 0 Å². The van der Waals surface area contributed by atoms with Gasteiger partial charge in [-0.2, -0.15) is 0 Å². The van der Waals surface area contributed by atoms with Crippen LogP contribution in [0.5, 0.6) is 5.75 Å². The van der Waals surface area contributed by atoms with Crippen molar-refractivity contribution in [1.82, 2.24) is 4.90 Å². The minimum Gasteiger partial charge on any atom is -0.487 e. The number of likely N-dealkylation sites (tertiary alicyclic amines) is 1. The Bertz CT molecular complexity index is 639. The Morgan fingerprint density at radius 3 is 2.58 bits per heavy atom. The van der Waals surface area contributed by atoms with Gasteiger partial charge in [-0.15, -0.1) is 0 Å². The number of halogens is 1. The van der Waals surface area contributed by atoms with E-state index in [0.717, 1.165) is 32.2 Å². The fourth-order valence-corrected chi connectivity index (χ4v) is 5.38. The first kappa shape index (κ1) is 18.1. The predicted molar refractivity (Wildman–Crippen MR) is 103 cm³/mol. The van der Waals surface area contributed by atoms with Crippen LogP contribution in [0, 0.1) is 17.8 Å². The van der Waals surface area contributed by atoms with Gasteiger partial charge in [-0.3, -0.25) is 4.79 Å². The Hall–Kier alpha value is -1.26. The van der Waals surface area contributed by atoms with Crippen molar-refractivity contribution in [3.63, 3.8) is 0 Å². The number of amides is 1. The van der Waals surface area contributed by atoms with Crippen LogP contribution in [0.2, 0.25) is 5.02 Å². The maximum Gasteiger partial charge on any atom is 0.225 e. The lowest BCUT2D eigenvalue weighted by Gasteiger charge is -2.45. The average molecular weight is 377 g/mol. The Morgan fingerprint density at radius 2 is 1.85 bits per heavy atom. The van der Waals surface area contributed by atoms with Crippen LogP contribution in [0.4, 0.5) is 0 Å². The summed E-state index contributed by atoms with van der Waals surface area (Å²) >= 11 is 6.21. The van der Waals surface area contributed by atoms with E-state index in [1.54, 1.807) is 0 Å². The maximum atomic E-state index is 13.2. The Kier molecular flexibility index (Phi) is 5.42. The molecule has 3 unspecified atom stereocenters. The van der Waals surface area contributed by atoms with Gasteiger partial charge in [-0.1, -0.05) is 30.2 Å². The molecule has 3 fully saturated rings. The van der Waals surface area contributed by atoms with Crippen LogP contribution in [-0.2, 0) is 4.79 Å². The zero-order chi connectivity index (χ0) is 18.1. The molecule has 1 aromatic carbocycles. The van der Waals surface area contributed by atoms with Gasteiger partial charge in [0.05, 0.1) is 11.6 Å². The van der Waals surface area contributed by atoms with E-state index in [1.807, 2.05) is 29.2 Å². The monoisotopic (exact) mass is 376 g/mol. The molecule has 2 N–H and O–H groups in total. The maximum absolute atomic E-state index is 13.2. The molecular weight excluding hydrogens is 348 g/mol. The number of carbonyl (C=O) groups excluding carboxylic acids is 1. The summed E-state index contributed by atoms with van der Waals surface area (Å²) in [6.45, 7) is 1.51. The van der Waals surface area contributed by atoms with E-state index in [0.29, 0.717) is 41.1 Å². The number of rotatable bonds is 3. The molecule has 4 rings (SSSR count). The molecule has 142 valence electrons. The van der Waals surface area contributed by atoms with Gasteiger partial charge in [0.25, 0.3) is 0 Å². The average Bonchev–Trinajstić information content (AvgIpc) is 2.63. The van der Waals surface area contributed by atoms with Gasteiger partial charge in [0.15, 0.2) is 0 Å². The Balaban J connectivity index is 1.38. The van der Waals surface area contributed by atoms with E-state index in [9.17, 15) is 4.79 Å². The minimum atomic E-state index is 0.0259. The molecule has 1 aliphatic heterocycles. The Morgan fingerprint density at radius 1 is 1.12 bits per heavy atom. The third-order valence-electron chi connectivity index (χ3n) is 6.58. The predicted octanol–water partition coefficient (Wildman–Crippen LogP) is 3.86. The second-order valence-corrected chi connectivity index (χ2v) is 8.70. The van der Waals surface area contributed by atoms with Gasteiger partial charge in [0.2, 0.25) is 5.91 Å². The van der Waals surface area contributed by atoms with Gasteiger partial charge < -0.3 is 15.4 Å². The second kappa shape index (κ2) is 7.77. The summed E-state index contributed by atoms with van der Waals surface area (Å²) < 4.78 is 6.10. The van der Waals surface area contributed by atoms with Crippen molar-refractivity contribution in [3.05, 3.63) is 29.3 Å². The number of hydrogen-bond acceptors (Lipinski definition) is 3. The zero-order valence-corrected chi connectivity index (χ0v) is 16.0. The van der Waals surface area contributed by atoms with Gasteiger partial charge in [-0.25, -0.2) is 0 Å². The smallest absolute Gasteiger partial charge is 0.225 e. The molecule has 0 aromatic heterocycles. The normalized spacial score (nSPS) is 34.4. The second-order valence-electron chi connectivity index (χ2n) is 8.29. The number of para-hydroxylation sites is 1. The molecule has 1 heterocycles. The molecule has 3 aliphatic rings. The van der Waals surface area contributed by atoms with Crippen LogP contribution in [0.3, 0.4) is 0 Å². The van der Waals surface area contributed by atoms with Gasteiger partial charge >= 0.3 is 0 Å². The van der Waals surface area contributed by atoms with Crippen LogP contribution in [-0.4, -0.2) is 36.0 Å². The summed E-state index contributed by atoms with van der Waals surface area (Å²) in [5.41, 5.74) is 6.39. The Labute approximate surface area is 161 Å². The fraction of sp³-hybridized carbons (Fsp3) is 0.667. The highest BCUT2D eigenvalue weighted by Crippen LogP contribution is 2.42. The van der Waals surface area contributed by atoms with E-state index in [-0.39, 0.29) is 12.0 Å². The fourth-order valence-electron chi connectivity index (χ4n) is 5.20. The molecule has 2 bridgehead atoms. The molecule has 2 aliphatic carbocycles. The van der Waals surface area contributed by atoms with E-state index in [2.05, 4.69) is 0 Å². The lowest BCUT2D eigenvalue weighted by molar-refractivity contribution is -0.141. The molecule has 0 spiro atoms. The van der Waals surface area contributed by atoms with Crippen molar-refractivity contribution < 1.29 is 9.53 Å². The topological polar surface area (TPSA) is 55.6 Å². The number of benzene rings is 1. The van der Waals surface area contributed by atoms with Gasteiger partial charge in [-0.05, 0) is 62.5 Å². The van der Waals surface area contributed by atoms with E-state index in [4.69, 9.17) is 22.1 Å². The van der Waals surface area contributed by atoms with Crippen LogP contribution in [0.25, 0.3) is 0 Å². The lowest BCUT2D eigenvalue weighted by atomic mass is 9.65. The summed E-state index contributed by atoms with van der Waals surface area (Å²) in [5.74, 6) is 2.27. The minimum absolute atomic E-state index is 0.0259. The number of nitrogens with zero attached hydrogens (tertiary/aromatic N) is 1. The van der Waals surface area contributed by atoms with Crippen molar-refractivity contribution in [2.45, 2.75) is 57.1 Å². The largest absolute Gasteiger partial charge is 0.487 e. The van der Waals surface area contributed by atoms with Crippen LogP contribution in [0.15, 0.2) is 24.3 Å². The molecule has 1 amide bonds. The van der Waals surface area contributed by atoms with Gasteiger partial charge in [0.1, 0.15) is 11.9 Å². The number of carbonyl (C=O) groups is 1. The number of hydrogen-bond donors (Lipinski definition) is 1. The van der Waals surface area contributed by atoms with Crippen molar-refractivity contribution in [2.75, 3.05) is 13.1 Å². The molecule has 4 nitrogen and oxygen atoms in total. The summed E-state index contributed by atoms with van der Waals surface area (Å²) in [4.78, 5) is 15.2. The quantitative estimate of drug-likeness (QED) is 0.871. The summed E-state index contributed by atoms with van der Waals surface area (Å²) in [5, 5.41) is 0.630. The molecular formula is C21H29ClN2O2. The molecule has 5 heteroatoms. The van der Waals surface area contributed by atoms with Crippen LogP contribution < -0.4 is 10.5 Å². The van der Waals surface area contributed by atoms with Gasteiger partial charge in [0, 0.05) is 18.5 Å². The van der Waals surface area contributed by atoms with Crippen molar-refractivity contribution in [2.24, 2.45) is 23.5 Å². The van der Waals surface area contributed by atoms with Crippen LogP contribution in [0.1, 0.15) is 44.9 Å². The highest BCUT2D eigenvalue weighted by Gasteiger charge is 2.42. The number of nitrogens with two attached hydrogens (primary N) is 1. The number of ether oxygens (including phenoxy) is 1. The standard InChI is InChI=1S/C21H29ClN2O2/c22-18-8-1-2-9-19(18)26-17-7-4-10-24(13-17)21(25)16-11-14-5-3-6-15(12-16)20(14)23/h1-2,8-9,14-17,20H,3-7,10-13,23H2. The number of fused-ring (bicyclic) bond motifs is 2.